The van der Waals surface area contributed by atoms with Gasteiger partial charge in [-0.1, -0.05) is 113 Å². The molecule has 17 heteroatoms. The van der Waals surface area contributed by atoms with Crippen LogP contribution in [-0.4, -0.2) is 80.2 Å². The lowest BCUT2D eigenvalue weighted by Gasteiger charge is -2.27. The molecule has 6 rings (SSSR count). The van der Waals surface area contributed by atoms with Gasteiger partial charge in [-0.15, -0.1) is 0 Å². The van der Waals surface area contributed by atoms with E-state index in [4.69, 9.17) is 18.8 Å². The fourth-order valence-corrected chi connectivity index (χ4v) is 8.74. The van der Waals surface area contributed by atoms with Crippen LogP contribution in [0.25, 0.3) is 0 Å². The van der Waals surface area contributed by atoms with Crippen LogP contribution < -0.4 is 30.7 Å². The first-order chi connectivity index (χ1) is 30.3. The molecule has 2 aliphatic rings. The van der Waals surface area contributed by atoms with Crippen LogP contribution in [0.1, 0.15) is 86.7 Å². The highest BCUT2D eigenvalue weighted by molar-refractivity contribution is 6.18. The summed E-state index contributed by atoms with van der Waals surface area (Å²) in [6, 6.07) is 25.9. The molecule has 4 aromatic carbocycles. The van der Waals surface area contributed by atoms with E-state index in [9.17, 15) is 29.8 Å². The van der Waals surface area contributed by atoms with Crippen molar-refractivity contribution in [3.63, 3.8) is 0 Å². The van der Waals surface area contributed by atoms with Crippen molar-refractivity contribution in [2.24, 2.45) is 11.8 Å². The largest absolute Gasteiger partial charge is 0.497 e. The van der Waals surface area contributed by atoms with Gasteiger partial charge in [0.25, 0.3) is 0 Å². The molecule has 4 aromatic rings. The third-order valence-electron chi connectivity index (χ3n) is 11.6. The van der Waals surface area contributed by atoms with E-state index in [0.29, 0.717) is 46.6 Å². The lowest BCUT2D eigenvalue weighted by molar-refractivity contribution is -0.527. The fraction of sp³-hybridized carbons (Fsp3) is 0.435. The highest BCUT2D eigenvalue weighted by Crippen LogP contribution is 2.42. The highest BCUT2D eigenvalue weighted by atomic mass is 16.6. The van der Waals surface area contributed by atoms with Gasteiger partial charge >= 0.3 is 7.69 Å². The molecule has 1 radical (unpaired) electrons. The van der Waals surface area contributed by atoms with Gasteiger partial charge in [0.2, 0.25) is 23.9 Å². The maximum atomic E-state index is 14.3. The molecule has 16 nitrogen and oxygen atoms in total. The number of nitro groups is 2. The van der Waals surface area contributed by atoms with Crippen molar-refractivity contribution in [3.8, 4) is 11.5 Å². The number of carbonyl (C=O) groups excluding carboxylic acids is 2. The monoisotopic (exact) mass is 863 g/mol. The van der Waals surface area contributed by atoms with Crippen LogP contribution in [0, 0.1) is 32.1 Å². The van der Waals surface area contributed by atoms with Crippen LogP contribution in [0.15, 0.2) is 109 Å². The van der Waals surface area contributed by atoms with Gasteiger partial charge in [-0.25, -0.2) is 0 Å². The second-order valence-electron chi connectivity index (χ2n) is 16.8. The second-order valence-corrected chi connectivity index (χ2v) is 16.8. The number of hydrogen-bond donors (Lipinski definition) is 4. The standard InChI is InChI=1S/C46H56BN6O10/c1-27(2)25-35(48-45(54)41-37(29-17-21-33(60-5)22-18-29)43(52(56)57)39(50-41)31-13-9-7-10-14-31)62-47-63-36(26-28(3)4)49-46(55)42-38(30-19-23-34(61-6)24-20-30)44(53(58)59)40(51-42)32-15-11-8-12-16-32/h7-24,27-28,35-44,50-51H,25-26H2,1-6H3,(H,48,54)(H,49,55). The Morgan fingerprint density at radius 1 is 0.587 bits per heavy atom. The van der Waals surface area contributed by atoms with E-state index in [1.54, 1.807) is 97.1 Å². The Hall–Kier alpha value is -5.88. The van der Waals surface area contributed by atoms with Gasteiger partial charge in [-0.3, -0.25) is 40.5 Å². The first kappa shape index (κ1) is 46.6. The van der Waals surface area contributed by atoms with Crippen molar-refractivity contribution in [1.82, 2.24) is 21.3 Å². The third-order valence-corrected chi connectivity index (χ3v) is 11.6. The van der Waals surface area contributed by atoms with Gasteiger partial charge in [-0.05, 0) is 71.2 Å². The number of rotatable bonds is 20. The predicted octanol–water partition coefficient (Wildman–Crippen LogP) is 5.83. The van der Waals surface area contributed by atoms with Gasteiger partial charge in [0.1, 0.15) is 48.1 Å². The minimum Gasteiger partial charge on any atom is -0.497 e. The minimum atomic E-state index is -1.18. The third kappa shape index (κ3) is 11.4. The Morgan fingerprint density at radius 3 is 1.24 bits per heavy atom. The van der Waals surface area contributed by atoms with Crippen LogP contribution >= 0.6 is 0 Å². The topological polar surface area (TPSA) is 205 Å². The van der Waals surface area contributed by atoms with E-state index in [1.807, 2.05) is 39.8 Å². The van der Waals surface area contributed by atoms with Crippen LogP contribution in [0.5, 0.6) is 11.5 Å². The zero-order chi connectivity index (χ0) is 45.2. The van der Waals surface area contributed by atoms with Crippen LogP contribution in [0.2, 0.25) is 0 Å². The minimum absolute atomic E-state index is 0.0443. The lowest BCUT2D eigenvalue weighted by atomic mass is 9.85. The summed E-state index contributed by atoms with van der Waals surface area (Å²) in [6.45, 7) is 7.84. The Kier molecular flexibility index (Phi) is 15.9. The first-order valence-electron chi connectivity index (χ1n) is 21.2. The lowest BCUT2D eigenvalue weighted by Crippen LogP contribution is -2.51. The average Bonchev–Trinajstić information content (AvgIpc) is 3.88. The molecule has 4 N–H and O–H groups in total. The summed E-state index contributed by atoms with van der Waals surface area (Å²) in [5.74, 6) is -1.48. The molecule has 0 bridgehead atoms. The number of ether oxygens (including phenoxy) is 2. The van der Waals surface area contributed by atoms with E-state index in [2.05, 4.69) is 21.3 Å². The number of methoxy groups -OCH3 is 2. The second kappa shape index (κ2) is 21.5. The van der Waals surface area contributed by atoms with Crippen LogP contribution in [0.3, 0.4) is 0 Å². The number of benzene rings is 4. The quantitative estimate of drug-likeness (QED) is 0.0359. The normalized spacial score (nSPS) is 24.1. The molecule has 2 aliphatic heterocycles. The van der Waals surface area contributed by atoms with Crippen molar-refractivity contribution < 1.29 is 38.2 Å². The first-order valence-corrected chi connectivity index (χ1v) is 21.2. The molecule has 10 atom stereocenters. The van der Waals surface area contributed by atoms with E-state index in [-0.39, 0.29) is 21.7 Å². The molecular formula is C46H56BN6O10. The van der Waals surface area contributed by atoms with E-state index < -0.39 is 72.4 Å². The van der Waals surface area contributed by atoms with Gasteiger partial charge in [0.15, 0.2) is 0 Å². The molecule has 333 valence electrons. The molecule has 63 heavy (non-hydrogen) atoms. The number of amides is 2. The maximum Gasteiger partial charge on any atom is 0.491 e. The predicted molar refractivity (Wildman–Crippen MR) is 236 cm³/mol. The molecule has 2 fully saturated rings. The zero-order valence-corrected chi connectivity index (χ0v) is 36.3. The molecule has 0 saturated carbocycles. The molecule has 0 aromatic heterocycles. The van der Waals surface area contributed by atoms with Crippen molar-refractivity contribution in [2.75, 3.05) is 14.2 Å². The Balaban J connectivity index is 1.20. The molecule has 0 spiro atoms. The summed E-state index contributed by atoms with van der Waals surface area (Å²) < 4.78 is 22.8. The van der Waals surface area contributed by atoms with Gasteiger partial charge in [0.05, 0.1) is 26.1 Å². The number of hydrogen-bond acceptors (Lipinski definition) is 12. The summed E-state index contributed by atoms with van der Waals surface area (Å²) in [5.41, 5.74) is 2.54. The summed E-state index contributed by atoms with van der Waals surface area (Å²) in [5, 5.41) is 38.1. The maximum absolute atomic E-state index is 14.3. The van der Waals surface area contributed by atoms with Crippen LogP contribution in [0.4, 0.5) is 0 Å². The molecule has 2 saturated heterocycles. The van der Waals surface area contributed by atoms with E-state index in [1.165, 1.54) is 14.2 Å². The van der Waals surface area contributed by atoms with Crippen molar-refractivity contribution in [3.05, 3.63) is 152 Å². The number of carbonyl (C=O) groups is 2. The number of nitrogens with one attached hydrogen (secondary N) is 4. The SMILES string of the molecule is COc1ccc(C2C(C(=O)NC(CC(C)C)O[B]OC(CC(C)C)NC(=O)C3NC(c4ccccc4)C([N+](=O)[O-])C3c3ccc(OC)cc3)NC(c3ccccc3)C2[N+](=O)[O-])cc1. The summed E-state index contributed by atoms with van der Waals surface area (Å²) in [7, 11) is 4.15. The molecule has 2 amide bonds. The highest BCUT2D eigenvalue weighted by Gasteiger charge is 2.56. The summed E-state index contributed by atoms with van der Waals surface area (Å²) >= 11 is 0. The number of nitrogens with zero attached hydrogens (tertiary/aromatic N) is 2. The molecule has 2 heterocycles. The average molecular weight is 864 g/mol. The fourth-order valence-electron chi connectivity index (χ4n) is 8.74. The van der Waals surface area contributed by atoms with Crippen LogP contribution in [-0.2, 0) is 18.9 Å². The van der Waals surface area contributed by atoms with E-state index >= 15 is 0 Å². The van der Waals surface area contributed by atoms with E-state index in [0.717, 1.165) is 7.69 Å². The van der Waals surface area contributed by atoms with Gasteiger partial charge in [0, 0.05) is 9.85 Å². The zero-order valence-electron chi connectivity index (χ0n) is 36.3. The Bertz CT molecular complexity index is 1980. The molecular weight excluding hydrogens is 807 g/mol. The molecule has 0 aliphatic carbocycles. The molecule has 10 unspecified atom stereocenters. The Morgan fingerprint density at radius 2 is 0.937 bits per heavy atom. The smallest absolute Gasteiger partial charge is 0.491 e. The van der Waals surface area contributed by atoms with Gasteiger partial charge < -0.3 is 29.4 Å². The summed E-state index contributed by atoms with van der Waals surface area (Å²) in [4.78, 5) is 53.6. The Labute approximate surface area is 368 Å². The van der Waals surface area contributed by atoms with Crippen molar-refractivity contribution in [2.45, 2.75) is 101 Å². The van der Waals surface area contributed by atoms with Gasteiger partial charge in [-0.2, -0.15) is 0 Å². The van der Waals surface area contributed by atoms with Crippen molar-refractivity contribution >= 4 is 19.5 Å². The van der Waals surface area contributed by atoms with Crippen molar-refractivity contribution in [1.29, 1.82) is 0 Å². The summed E-state index contributed by atoms with van der Waals surface area (Å²) in [6.07, 6.45) is -1.13.